The SMILES string of the molecule is O=C(c1c(F)cccc1F)N1CCc2[nH]c3ccccc3c2C1. The van der Waals surface area contributed by atoms with Crippen molar-refractivity contribution >= 4 is 16.8 Å². The average Bonchev–Trinajstić information content (AvgIpc) is 2.92. The first-order valence-electron chi connectivity index (χ1n) is 7.47. The summed E-state index contributed by atoms with van der Waals surface area (Å²) in [6.07, 6.45) is 0.645. The maximum absolute atomic E-state index is 13.9. The second kappa shape index (κ2) is 5.19. The molecule has 3 nitrogen and oxygen atoms in total. The van der Waals surface area contributed by atoms with E-state index in [0.29, 0.717) is 19.5 Å². The van der Waals surface area contributed by atoms with Crippen LogP contribution in [-0.2, 0) is 13.0 Å². The Morgan fingerprint density at radius 2 is 1.78 bits per heavy atom. The highest BCUT2D eigenvalue weighted by molar-refractivity contribution is 5.95. The molecule has 1 aromatic heterocycles. The van der Waals surface area contributed by atoms with E-state index in [2.05, 4.69) is 4.98 Å². The first-order chi connectivity index (χ1) is 11.1. The summed E-state index contributed by atoms with van der Waals surface area (Å²) in [5.74, 6) is -2.24. The summed E-state index contributed by atoms with van der Waals surface area (Å²) >= 11 is 0. The fourth-order valence-corrected chi connectivity index (χ4v) is 3.20. The zero-order valence-electron chi connectivity index (χ0n) is 12.3. The monoisotopic (exact) mass is 312 g/mol. The van der Waals surface area contributed by atoms with Crippen molar-refractivity contribution in [2.24, 2.45) is 0 Å². The molecule has 0 bridgehead atoms. The summed E-state index contributed by atoms with van der Waals surface area (Å²) in [5, 5.41) is 1.05. The number of halogens is 2. The molecule has 0 saturated heterocycles. The average molecular weight is 312 g/mol. The number of fused-ring (bicyclic) bond motifs is 3. The second-order valence-electron chi connectivity index (χ2n) is 5.70. The van der Waals surface area contributed by atoms with Gasteiger partial charge in [-0.2, -0.15) is 0 Å². The van der Waals surface area contributed by atoms with Gasteiger partial charge in [0.2, 0.25) is 0 Å². The van der Waals surface area contributed by atoms with E-state index in [9.17, 15) is 13.6 Å². The van der Waals surface area contributed by atoms with Crippen molar-refractivity contribution in [3.8, 4) is 0 Å². The van der Waals surface area contributed by atoms with Gasteiger partial charge in [0.1, 0.15) is 17.2 Å². The standard InChI is InChI=1S/C18H14F2N2O/c19-13-5-3-6-14(20)17(13)18(23)22-9-8-16-12(10-22)11-4-1-2-7-15(11)21-16/h1-7,21H,8-10H2. The van der Waals surface area contributed by atoms with Crippen LogP contribution < -0.4 is 0 Å². The van der Waals surface area contributed by atoms with Gasteiger partial charge in [0.15, 0.2) is 0 Å². The highest BCUT2D eigenvalue weighted by atomic mass is 19.1. The number of nitrogens with one attached hydrogen (secondary N) is 1. The van der Waals surface area contributed by atoms with Gasteiger partial charge in [0, 0.05) is 41.7 Å². The van der Waals surface area contributed by atoms with Crippen LogP contribution in [0.5, 0.6) is 0 Å². The molecule has 2 heterocycles. The van der Waals surface area contributed by atoms with Gasteiger partial charge in [-0.05, 0) is 18.2 Å². The minimum absolute atomic E-state index is 0.353. The molecule has 0 aliphatic carbocycles. The number of para-hydroxylation sites is 1. The fourth-order valence-electron chi connectivity index (χ4n) is 3.20. The maximum Gasteiger partial charge on any atom is 0.260 e. The third-order valence-corrected chi connectivity index (χ3v) is 4.35. The number of rotatable bonds is 1. The molecular formula is C18H14F2N2O. The minimum Gasteiger partial charge on any atom is -0.358 e. The number of carbonyl (C=O) groups excluding carboxylic acids is 1. The Hall–Kier alpha value is -2.69. The van der Waals surface area contributed by atoms with Gasteiger partial charge in [-0.15, -0.1) is 0 Å². The summed E-state index contributed by atoms with van der Waals surface area (Å²) in [7, 11) is 0. The number of aromatic amines is 1. The van der Waals surface area contributed by atoms with E-state index in [4.69, 9.17) is 0 Å². The molecule has 1 N–H and O–H groups in total. The third-order valence-electron chi connectivity index (χ3n) is 4.35. The van der Waals surface area contributed by atoms with Gasteiger partial charge in [-0.25, -0.2) is 8.78 Å². The van der Waals surface area contributed by atoms with Crippen LogP contribution in [0, 0.1) is 11.6 Å². The molecule has 0 radical (unpaired) electrons. The minimum atomic E-state index is -0.820. The van der Waals surface area contributed by atoms with E-state index >= 15 is 0 Å². The lowest BCUT2D eigenvalue weighted by Gasteiger charge is -2.27. The number of amides is 1. The van der Waals surface area contributed by atoms with Crippen LogP contribution in [-0.4, -0.2) is 22.3 Å². The number of H-pyrrole nitrogens is 1. The van der Waals surface area contributed by atoms with Crippen molar-refractivity contribution < 1.29 is 13.6 Å². The van der Waals surface area contributed by atoms with Crippen LogP contribution in [0.25, 0.3) is 10.9 Å². The van der Waals surface area contributed by atoms with E-state index in [1.54, 1.807) is 0 Å². The zero-order chi connectivity index (χ0) is 16.0. The summed E-state index contributed by atoms with van der Waals surface area (Å²) in [5.41, 5.74) is 2.65. The normalized spacial score (nSPS) is 14.1. The van der Waals surface area contributed by atoms with E-state index in [1.807, 2.05) is 24.3 Å². The number of nitrogens with zero attached hydrogens (tertiary/aromatic N) is 1. The first kappa shape index (κ1) is 13.9. The lowest BCUT2D eigenvalue weighted by Crippen LogP contribution is -2.36. The van der Waals surface area contributed by atoms with Gasteiger partial charge in [0.05, 0.1) is 0 Å². The smallest absolute Gasteiger partial charge is 0.260 e. The molecular weight excluding hydrogens is 298 g/mol. The molecule has 23 heavy (non-hydrogen) atoms. The van der Waals surface area contributed by atoms with Crippen molar-refractivity contribution in [1.82, 2.24) is 9.88 Å². The number of carbonyl (C=O) groups is 1. The van der Waals surface area contributed by atoms with E-state index in [0.717, 1.165) is 34.3 Å². The van der Waals surface area contributed by atoms with Gasteiger partial charge < -0.3 is 9.88 Å². The summed E-state index contributed by atoms with van der Waals surface area (Å²) in [4.78, 5) is 17.4. The predicted octanol–water partition coefficient (Wildman–Crippen LogP) is 3.64. The highest BCUT2D eigenvalue weighted by Gasteiger charge is 2.28. The van der Waals surface area contributed by atoms with Crippen LogP contribution in [0.2, 0.25) is 0 Å². The van der Waals surface area contributed by atoms with E-state index < -0.39 is 23.1 Å². The summed E-state index contributed by atoms with van der Waals surface area (Å²) in [6.45, 7) is 0.790. The molecule has 0 saturated carbocycles. The van der Waals surface area contributed by atoms with Gasteiger partial charge in [0.25, 0.3) is 5.91 Å². The van der Waals surface area contributed by atoms with Crippen molar-refractivity contribution in [1.29, 1.82) is 0 Å². The number of benzene rings is 2. The van der Waals surface area contributed by atoms with Gasteiger partial charge in [-0.1, -0.05) is 24.3 Å². The van der Waals surface area contributed by atoms with Crippen molar-refractivity contribution in [2.45, 2.75) is 13.0 Å². The van der Waals surface area contributed by atoms with Crippen molar-refractivity contribution in [3.05, 3.63) is 70.9 Å². The van der Waals surface area contributed by atoms with Crippen LogP contribution in [0.1, 0.15) is 21.6 Å². The molecule has 0 atom stereocenters. The van der Waals surface area contributed by atoms with E-state index in [1.165, 1.54) is 11.0 Å². The second-order valence-corrected chi connectivity index (χ2v) is 5.70. The van der Waals surface area contributed by atoms with Crippen molar-refractivity contribution in [2.75, 3.05) is 6.54 Å². The molecule has 0 spiro atoms. The fraction of sp³-hybridized carbons (Fsp3) is 0.167. The predicted molar refractivity (Wildman–Crippen MR) is 83.1 cm³/mol. The first-order valence-corrected chi connectivity index (χ1v) is 7.47. The van der Waals surface area contributed by atoms with Crippen LogP contribution in [0.15, 0.2) is 42.5 Å². The Morgan fingerprint density at radius 1 is 1.04 bits per heavy atom. The lowest BCUT2D eigenvalue weighted by molar-refractivity contribution is 0.0725. The highest BCUT2D eigenvalue weighted by Crippen LogP contribution is 2.28. The third kappa shape index (κ3) is 2.20. The zero-order valence-corrected chi connectivity index (χ0v) is 12.3. The molecule has 2 aromatic carbocycles. The molecule has 1 aliphatic rings. The quantitative estimate of drug-likeness (QED) is 0.731. The molecule has 4 rings (SSSR count). The van der Waals surface area contributed by atoms with Gasteiger partial charge >= 0.3 is 0 Å². The maximum atomic E-state index is 13.9. The number of hydrogen-bond donors (Lipinski definition) is 1. The Morgan fingerprint density at radius 3 is 2.57 bits per heavy atom. The number of aromatic nitrogens is 1. The Labute approximate surface area is 131 Å². The van der Waals surface area contributed by atoms with Crippen LogP contribution >= 0.6 is 0 Å². The van der Waals surface area contributed by atoms with Gasteiger partial charge in [-0.3, -0.25) is 4.79 Å². The van der Waals surface area contributed by atoms with Crippen LogP contribution in [0.3, 0.4) is 0 Å². The Kier molecular flexibility index (Phi) is 3.15. The number of hydrogen-bond acceptors (Lipinski definition) is 1. The van der Waals surface area contributed by atoms with E-state index in [-0.39, 0.29) is 0 Å². The molecule has 0 fully saturated rings. The lowest BCUT2D eigenvalue weighted by atomic mass is 10.0. The molecule has 3 aromatic rings. The van der Waals surface area contributed by atoms with Crippen molar-refractivity contribution in [3.63, 3.8) is 0 Å². The van der Waals surface area contributed by atoms with Crippen LogP contribution in [0.4, 0.5) is 8.78 Å². The molecule has 1 amide bonds. The summed E-state index contributed by atoms with van der Waals surface area (Å²) in [6, 6.07) is 11.3. The molecule has 0 unspecified atom stereocenters. The topological polar surface area (TPSA) is 36.1 Å². The summed E-state index contributed by atoms with van der Waals surface area (Å²) < 4.78 is 27.7. The Balaban J connectivity index is 1.71. The largest absolute Gasteiger partial charge is 0.358 e. The molecule has 5 heteroatoms. The molecule has 116 valence electrons. The Bertz CT molecular complexity index is 896. The molecule has 1 aliphatic heterocycles.